The van der Waals surface area contributed by atoms with Crippen molar-refractivity contribution in [2.75, 3.05) is 30.4 Å². The summed E-state index contributed by atoms with van der Waals surface area (Å²) < 4.78 is 13.2. The molecule has 2 aromatic rings. The van der Waals surface area contributed by atoms with E-state index in [1.807, 2.05) is 17.9 Å². The molecule has 6 nitrogen and oxygen atoms in total. The third-order valence-electron chi connectivity index (χ3n) is 5.15. The monoisotopic (exact) mass is 385 g/mol. The number of amides is 1. The second-order valence-electron chi connectivity index (χ2n) is 7.60. The van der Waals surface area contributed by atoms with Crippen LogP contribution in [-0.4, -0.2) is 47.0 Å². The molecule has 1 fully saturated rings. The summed E-state index contributed by atoms with van der Waals surface area (Å²) in [6, 6.07) is 8.37. The van der Waals surface area contributed by atoms with Crippen LogP contribution in [0.5, 0.6) is 0 Å². The quantitative estimate of drug-likeness (QED) is 0.856. The van der Waals surface area contributed by atoms with Gasteiger partial charge in [0.1, 0.15) is 11.6 Å². The van der Waals surface area contributed by atoms with Gasteiger partial charge in [-0.25, -0.2) is 9.37 Å². The molecule has 1 aromatic heterocycles. The molecule has 3 rings (SSSR count). The van der Waals surface area contributed by atoms with Crippen LogP contribution in [0.3, 0.4) is 0 Å². The van der Waals surface area contributed by atoms with E-state index >= 15 is 0 Å². The van der Waals surface area contributed by atoms with E-state index in [9.17, 15) is 9.18 Å². The van der Waals surface area contributed by atoms with Crippen molar-refractivity contribution in [2.24, 2.45) is 5.92 Å². The summed E-state index contributed by atoms with van der Waals surface area (Å²) in [4.78, 5) is 26.0. The number of halogens is 1. The molecule has 1 saturated heterocycles. The fourth-order valence-electron chi connectivity index (χ4n) is 3.57. The molecule has 7 heteroatoms. The molecule has 150 valence electrons. The number of carbonyl (C=O) groups is 1. The number of anilines is 2. The van der Waals surface area contributed by atoms with Crippen molar-refractivity contribution in [1.82, 2.24) is 14.9 Å². The Labute approximate surface area is 165 Å². The lowest BCUT2D eigenvalue weighted by Gasteiger charge is -2.35. The number of aromatic nitrogens is 2. The number of rotatable bonds is 5. The number of hydrogen-bond donors (Lipinski definition) is 1. The van der Waals surface area contributed by atoms with E-state index in [1.54, 1.807) is 19.2 Å². The summed E-state index contributed by atoms with van der Waals surface area (Å²) in [7, 11) is 1.80. The molecule has 28 heavy (non-hydrogen) atoms. The second kappa shape index (κ2) is 8.54. The van der Waals surface area contributed by atoms with Crippen molar-refractivity contribution in [2.45, 2.75) is 39.8 Å². The number of nitrogens with zero attached hydrogens (tertiary/aromatic N) is 4. The van der Waals surface area contributed by atoms with E-state index in [-0.39, 0.29) is 23.7 Å². The number of benzene rings is 1. The van der Waals surface area contributed by atoms with Gasteiger partial charge in [0.2, 0.25) is 11.9 Å². The van der Waals surface area contributed by atoms with Crippen LogP contribution in [0.2, 0.25) is 0 Å². The highest BCUT2D eigenvalue weighted by Crippen LogP contribution is 2.24. The SMILES string of the molecule is CNc1nc(C)cc(N2CCC(=O)N(Cc3ccc(F)cc3)[C@@H](C(C)C)C2)n1. The van der Waals surface area contributed by atoms with Gasteiger partial charge in [-0.15, -0.1) is 0 Å². The zero-order chi connectivity index (χ0) is 20.3. The third kappa shape index (κ3) is 4.58. The molecule has 2 heterocycles. The summed E-state index contributed by atoms with van der Waals surface area (Å²) >= 11 is 0. The highest BCUT2D eigenvalue weighted by molar-refractivity contribution is 5.78. The molecule has 0 aliphatic carbocycles. The topological polar surface area (TPSA) is 61.4 Å². The molecule has 0 radical (unpaired) electrons. The van der Waals surface area contributed by atoms with Gasteiger partial charge in [-0.3, -0.25) is 4.79 Å². The molecule has 1 N–H and O–H groups in total. The van der Waals surface area contributed by atoms with Gasteiger partial charge in [0.15, 0.2) is 0 Å². The maximum Gasteiger partial charge on any atom is 0.224 e. The molecular formula is C21H28FN5O. The number of nitrogens with one attached hydrogen (secondary N) is 1. The highest BCUT2D eigenvalue weighted by atomic mass is 19.1. The lowest BCUT2D eigenvalue weighted by atomic mass is 10.0. The lowest BCUT2D eigenvalue weighted by molar-refractivity contribution is -0.134. The van der Waals surface area contributed by atoms with Crippen LogP contribution in [0.4, 0.5) is 16.2 Å². The first-order chi connectivity index (χ1) is 13.4. The Hall–Kier alpha value is -2.70. The predicted molar refractivity (Wildman–Crippen MR) is 109 cm³/mol. The van der Waals surface area contributed by atoms with Gasteiger partial charge >= 0.3 is 0 Å². The first-order valence-corrected chi connectivity index (χ1v) is 9.69. The predicted octanol–water partition coefficient (Wildman–Crippen LogP) is 3.23. The smallest absolute Gasteiger partial charge is 0.224 e. The lowest BCUT2D eigenvalue weighted by Crippen LogP contribution is -2.46. The summed E-state index contributed by atoms with van der Waals surface area (Å²) in [5.74, 6) is 1.53. The molecular weight excluding hydrogens is 357 g/mol. The van der Waals surface area contributed by atoms with Gasteiger partial charge in [-0.05, 0) is 30.5 Å². The maximum atomic E-state index is 13.2. The standard InChI is InChI=1S/C21H28FN5O/c1-14(2)18-13-26(19-11-15(3)24-21(23-4)25-19)10-9-20(28)27(18)12-16-5-7-17(22)8-6-16/h5-8,11,14,18H,9-10,12-13H2,1-4H3,(H,23,24,25)/t18-/m1/s1. The zero-order valence-corrected chi connectivity index (χ0v) is 16.9. The van der Waals surface area contributed by atoms with E-state index < -0.39 is 0 Å². The Morgan fingerprint density at radius 1 is 1.25 bits per heavy atom. The van der Waals surface area contributed by atoms with Gasteiger partial charge in [0, 0.05) is 44.9 Å². The number of carbonyl (C=O) groups excluding carboxylic acids is 1. The van der Waals surface area contributed by atoms with Crippen molar-refractivity contribution in [3.05, 3.63) is 47.4 Å². The number of aryl methyl sites for hydroxylation is 1. The molecule has 1 amide bonds. The minimum absolute atomic E-state index is 0.0355. The third-order valence-corrected chi connectivity index (χ3v) is 5.15. The van der Waals surface area contributed by atoms with Crippen LogP contribution < -0.4 is 10.2 Å². The van der Waals surface area contributed by atoms with Crippen LogP contribution in [0, 0.1) is 18.7 Å². The van der Waals surface area contributed by atoms with Gasteiger partial charge in [-0.2, -0.15) is 4.98 Å². The molecule has 0 unspecified atom stereocenters. The zero-order valence-electron chi connectivity index (χ0n) is 16.9. The van der Waals surface area contributed by atoms with Crippen LogP contribution in [0.25, 0.3) is 0 Å². The fourth-order valence-corrected chi connectivity index (χ4v) is 3.57. The first kappa shape index (κ1) is 20.0. The molecule has 1 aliphatic heterocycles. The van der Waals surface area contributed by atoms with Crippen molar-refractivity contribution >= 4 is 17.7 Å². The minimum atomic E-state index is -0.267. The van der Waals surface area contributed by atoms with Crippen LogP contribution in [-0.2, 0) is 11.3 Å². The van der Waals surface area contributed by atoms with Crippen molar-refractivity contribution in [3.8, 4) is 0 Å². The normalized spacial score (nSPS) is 17.8. The average Bonchev–Trinajstić information content (AvgIpc) is 2.83. The molecule has 1 atom stereocenters. The Balaban J connectivity index is 1.87. The second-order valence-corrected chi connectivity index (χ2v) is 7.60. The van der Waals surface area contributed by atoms with Crippen molar-refractivity contribution in [3.63, 3.8) is 0 Å². The number of hydrogen-bond acceptors (Lipinski definition) is 5. The Bertz CT molecular complexity index is 824. The average molecular weight is 385 g/mol. The van der Waals surface area contributed by atoms with Gasteiger partial charge < -0.3 is 15.1 Å². The summed E-state index contributed by atoms with van der Waals surface area (Å²) in [5, 5.41) is 2.99. The maximum absolute atomic E-state index is 13.2. The van der Waals surface area contributed by atoms with Gasteiger partial charge in [0.05, 0.1) is 6.04 Å². The van der Waals surface area contributed by atoms with Crippen LogP contribution in [0.15, 0.2) is 30.3 Å². The van der Waals surface area contributed by atoms with E-state index in [1.165, 1.54) is 12.1 Å². The van der Waals surface area contributed by atoms with Gasteiger partial charge in [-0.1, -0.05) is 26.0 Å². The molecule has 0 spiro atoms. The van der Waals surface area contributed by atoms with E-state index in [4.69, 9.17) is 0 Å². The van der Waals surface area contributed by atoms with Crippen LogP contribution >= 0.6 is 0 Å². The van der Waals surface area contributed by atoms with Crippen LogP contribution in [0.1, 0.15) is 31.5 Å². The fraction of sp³-hybridized carbons (Fsp3) is 0.476. The first-order valence-electron chi connectivity index (χ1n) is 9.69. The van der Waals surface area contributed by atoms with E-state index in [0.717, 1.165) is 17.1 Å². The summed E-state index contributed by atoms with van der Waals surface area (Å²) in [6.45, 7) is 7.99. The largest absolute Gasteiger partial charge is 0.357 e. The minimum Gasteiger partial charge on any atom is -0.357 e. The molecule has 0 bridgehead atoms. The van der Waals surface area contributed by atoms with Crippen molar-refractivity contribution < 1.29 is 9.18 Å². The molecule has 0 saturated carbocycles. The Morgan fingerprint density at radius 3 is 2.61 bits per heavy atom. The summed E-state index contributed by atoms with van der Waals surface area (Å²) in [6.07, 6.45) is 0.419. The Kier molecular flexibility index (Phi) is 6.11. The molecule has 1 aromatic carbocycles. The molecule has 1 aliphatic rings. The Morgan fingerprint density at radius 2 is 1.96 bits per heavy atom. The van der Waals surface area contributed by atoms with E-state index in [0.29, 0.717) is 32.0 Å². The van der Waals surface area contributed by atoms with E-state index in [2.05, 4.69) is 34.0 Å². The van der Waals surface area contributed by atoms with Gasteiger partial charge in [0.25, 0.3) is 0 Å². The highest BCUT2D eigenvalue weighted by Gasteiger charge is 2.32. The van der Waals surface area contributed by atoms with Crippen molar-refractivity contribution in [1.29, 1.82) is 0 Å². The summed E-state index contributed by atoms with van der Waals surface area (Å²) in [5.41, 5.74) is 1.82.